The van der Waals surface area contributed by atoms with Crippen molar-refractivity contribution in [1.29, 1.82) is 0 Å². The lowest BCUT2D eigenvalue weighted by molar-refractivity contribution is 0.313. The van der Waals surface area contributed by atoms with Crippen LogP contribution < -0.4 is 10.5 Å². The van der Waals surface area contributed by atoms with Crippen molar-refractivity contribution in [2.45, 2.75) is 6.42 Å². The van der Waals surface area contributed by atoms with Gasteiger partial charge in [-0.05, 0) is 12.5 Å². The summed E-state index contributed by atoms with van der Waals surface area (Å²) >= 11 is 11.5. The number of aromatic nitrogens is 1. The van der Waals surface area contributed by atoms with Crippen molar-refractivity contribution in [2.75, 3.05) is 12.3 Å². The minimum absolute atomic E-state index is 0.213. The number of hydrogen-bond acceptors (Lipinski definition) is 3. The van der Waals surface area contributed by atoms with Gasteiger partial charge in [0.05, 0.1) is 11.6 Å². The standard InChI is InChI=1S/C9H10Cl2N2O/c1-2-3-4-14-9-7(11)5-6(10)8(12)13-9/h2,5H,1,3-4H2,(H2,12,13). The third kappa shape index (κ3) is 2.79. The summed E-state index contributed by atoms with van der Waals surface area (Å²) < 4.78 is 5.26. The number of hydrogen-bond donors (Lipinski definition) is 1. The van der Waals surface area contributed by atoms with E-state index >= 15 is 0 Å². The molecular formula is C9H10Cl2N2O. The Labute approximate surface area is 92.5 Å². The Bertz CT molecular complexity index is 342. The number of ether oxygens (including phenoxy) is 1. The van der Waals surface area contributed by atoms with Gasteiger partial charge in [-0.15, -0.1) is 6.58 Å². The molecular weight excluding hydrogens is 223 g/mol. The second-order valence-corrected chi connectivity index (χ2v) is 3.38. The quantitative estimate of drug-likeness (QED) is 0.642. The first-order valence-corrected chi connectivity index (χ1v) is 4.76. The van der Waals surface area contributed by atoms with Crippen molar-refractivity contribution in [2.24, 2.45) is 0 Å². The van der Waals surface area contributed by atoms with Crippen LogP contribution in [0.15, 0.2) is 18.7 Å². The number of pyridine rings is 1. The summed E-state index contributed by atoms with van der Waals surface area (Å²) in [5.74, 6) is 0.514. The lowest BCUT2D eigenvalue weighted by atomic mass is 10.4. The van der Waals surface area contributed by atoms with E-state index in [1.165, 1.54) is 6.07 Å². The Morgan fingerprint density at radius 2 is 2.21 bits per heavy atom. The molecule has 5 heteroatoms. The van der Waals surface area contributed by atoms with Crippen LogP contribution in [-0.2, 0) is 0 Å². The monoisotopic (exact) mass is 232 g/mol. The van der Waals surface area contributed by atoms with E-state index in [0.717, 1.165) is 6.42 Å². The van der Waals surface area contributed by atoms with Gasteiger partial charge in [0.25, 0.3) is 0 Å². The van der Waals surface area contributed by atoms with Crippen LogP contribution in [-0.4, -0.2) is 11.6 Å². The fourth-order valence-corrected chi connectivity index (χ4v) is 1.22. The molecule has 1 aromatic rings. The summed E-state index contributed by atoms with van der Waals surface area (Å²) in [5, 5.41) is 0.680. The van der Waals surface area contributed by atoms with Crippen molar-refractivity contribution < 1.29 is 4.74 Å². The average Bonchev–Trinajstić information content (AvgIpc) is 2.14. The van der Waals surface area contributed by atoms with E-state index < -0.39 is 0 Å². The van der Waals surface area contributed by atoms with Crippen molar-refractivity contribution >= 4 is 29.0 Å². The van der Waals surface area contributed by atoms with Gasteiger partial charge < -0.3 is 10.5 Å². The van der Waals surface area contributed by atoms with Gasteiger partial charge in [-0.1, -0.05) is 29.3 Å². The highest BCUT2D eigenvalue weighted by atomic mass is 35.5. The normalized spacial score (nSPS) is 9.86. The molecule has 1 heterocycles. The molecule has 0 fully saturated rings. The Kier molecular flexibility index (Phi) is 4.04. The van der Waals surface area contributed by atoms with Gasteiger partial charge in [-0.25, -0.2) is 0 Å². The first-order valence-electron chi connectivity index (χ1n) is 4.00. The van der Waals surface area contributed by atoms with Crippen LogP contribution in [0.2, 0.25) is 10.0 Å². The van der Waals surface area contributed by atoms with E-state index in [0.29, 0.717) is 22.5 Å². The second-order valence-electron chi connectivity index (χ2n) is 2.57. The Hall–Kier alpha value is -0.930. The number of rotatable bonds is 4. The van der Waals surface area contributed by atoms with Crippen molar-refractivity contribution in [3.63, 3.8) is 0 Å². The third-order valence-electron chi connectivity index (χ3n) is 1.49. The maximum atomic E-state index is 5.83. The van der Waals surface area contributed by atoms with Crippen LogP contribution in [0.3, 0.4) is 0 Å². The number of halogens is 2. The summed E-state index contributed by atoms with van der Waals surface area (Å²) in [5.41, 5.74) is 5.49. The molecule has 0 aliphatic heterocycles. The molecule has 0 aliphatic carbocycles. The number of nitrogens with zero attached hydrogens (tertiary/aromatic N) is 1. The van der Waals surface area contributed by atoms with Gasteiger partial charge in [-0.3, -0.25) is 0 Å². The van der Waals surface area contributed by atoms with E-state index in [9.17, 15) is 0 Å². The van der Waals surface area contributed by atoms with E-state index in [1.807, 2.05) is 0 Å². The molecule has 0 unspecified atom stereocenters. The maximum absolute atomic E-state index is 5.83. The van der Waals surface area contributed by atoms with Crippen molar-refractivity contribution in [3.05, 3.63) is 28.8 Å². The molecule has 0 spiro atoms. The Morgan fingerprint density at radius 1 is 1.50 bits per heavy atom. The van der Waals surface area contributed by atoms with Gasteiger partial charge in [0.2, 0.25) is 5.88 Å². The molecule has 14 heavy (non-hydrogen) atoms. The lowest BCUT2D eigenvalue weighted by Gasteiger charge is -2.06. The highest BCUT2D eigenvalue weighted by Gasteiger charge is 2.07. The molecule has 0 saturated carbocycles. The summed E-state index contributed by atoms with van der Waals surface area (Å²) in [6.07, 6.45) is 2.47. The Morgan fingerprint density at radius 3 is 2.86 bits per heavy atom. The van der Waals surface area contributed by atoms with Gasteiger partial charge >= 0.3 is 0 Å². The average molecular weight is 233 g/mol. The van der Waals surface area contributed by atoms with E-state index in [-0.39, 0.29) is 5.82 Å². The smallest absolute Gasteiger partial charge is 0.234 e. The number of nitrogens with two attached hydrogens (primary N) is 1. The van der Waals surface area contributed by atoms with Crippen LogP contribution in [0.25, 0.3) is 0 Å². The molecule has 76 valence electrons. The topological polar surface area (TPSA) is 48.1 Å². The lowest BCUT2D eigenvalue weighted by Crippen LogP contribution is -2.01. The molecule has 1 aromatic heterocycles. The highest BCUT2D eigenvalue weighted by molar-refractivity contribution is 6.36. The number of nitrogen functional groups attached to an aromatic ring is 1. The summed E-state index contributed by atoms with van der Waals surface area (Å²) in [4.78, 5) is 3.90. The molecule has 2 N–H and O–H groups in total. The minimum atomic E-state index is 0.213. The molecule has 0 saturated heterocycles. The molecule has 0 amide bonds. The maximum Gasteiger partial charge on any atom is 0.234 e. The zero-order valence-electron chi connectivity index (χ0n) is 7.46. The molecule has 3 nitrogen and oxygen atoms in total. The van der Waals surface area contributed by atoms with Crippen LogP contribution in [0.4, 0.5) is 5.82 Å². The predicted molar refractivity (Wildman–Crippen MR) is 59.0 cm³/mol. The van der Waals surface area contributed by atoms with Gasteiger partial charge in [0.15, 0.2) is 0 Å². The van der Waals surface area contributed by atoms with E-state index in [1.54, 1.807) is 6.08 Å². The first kappa shape index (κ1) is 11.1. The molecule has 0 atom stereocenters. The van der Waals surface area contributed by atoms with Crippen LogP contribution in [0, 0.1) is 0 Å². The molecule has 0 bridgehead atoms. The van der Waals surface area contributed by atoms with E-state index in [2.05, 4.69) is 11.6 Å². The molecule has 0 radical (unpaired) electrons. The summed E-state index contributed by atoms with van der Waals surface area (Å²) in [6, 6.07) is 1.51. The predicted octanol–water partition coefficient (Wildman–Crippen LogP) is 2.93. The highest BCUT2D eigenvalue weighted by Crippen LogP contribution is 2.28. The zero-order chi connectivity index (χ0) is 10.6. The largest absolute Gasteiger partial charge is 0.476 e. The van der Waals surface area contributed by atoms with Crippen LogP contribution >= 0.6 is 23.2 Å². The molecule has 0 aromatic carbocycles. The fourth-order valence-electron chi connectivity index (χ4n) is 0.803. The molecule has 0 aliphatic rings. The van der Waals surface area contributed by atoms with Gasteiger partial charge in [-0.2, -0.15) is 4.98 Å². The van der Waals surface area contributed by atoms with Crippen LogP contribution in [0.1, 0.15) is 6.42 Å². The third-order valence-corrected chi connectivity index (χ3v) is 2.06. The van der Waals surface area contributed by atoms with Gasteiger partial charge in [0, 0.05) is 0 Å². The number of anilines is 1. The van der Waals surface area contributed by atoms with Crippen molar-refractivity contribution in [1.82, 2.24) is 4.98 Å². The fraction of sp³-hybridized carbons (Fsp3) is 0.222. The van der Waals surface area contributed by atoms with E-state index in [4.69, 9.17) is 33.7 Å². The zero-order valence-corrected chi connectivity index (χ0v) is 8.98. The SMILES string of the molecule is C=CCCOc1nc(N)c(Cl)cc1Cl. The second kappa shape index (κ2) is 5.08. The van der Waals surface area contributed by atoms with Gasteiger partial charge in [0.1, 0.15) is 10.8 Å². The first-order chi connectivity index (χ1) is 6.65. The van der Waals surface area contributed by atoms with Crippen LogP contribution in [0.5, 0.6) is 5.88 Å². The summed E-state index contributed by atoms with van der Waals surface area (Å²) in [7, 11) is 0. The molecule has 1 rings (SSSR count). The summed E-state index contributed by atoms with van der Waals surface area (Å²) in [6.45, 7) is 4.04. The minimum Gasteiger partial charge on any atom is -0.476 e. The van der Waals surface area contributed by atoms with Crippen molar-refractivity contribution in [3.8, 4) is 5.88 Å². The Balaban J connectivity index is 2.76.